The topological polar surface area (TPSA) is 29.3 Å². The van der Waals surface area contributed by atoms with Crippen molar-refractivity contribution in [3.63, 3.8) is 0 Å². The first-order valence-electron chi connectivity index (χ1n) is 6.29. The standard InChI is InChI=1S/C14H22N2/c1-11(2)16(13-4-3-5-13)14-8-6-12(10-15)7-9-14/h6-9,11,13H,3-5,10,15H2,1-2H3. The average Bonchev–Trinajstić information content (AvgIpc) is 2.23. The molecular formula is C14H22N2. The zero-order valence-electron chi connectivity index (χ0n) is 10.3. The summed E-state index contributed by atoms with van der Waals surface area (Å²) >= 11 is 0. The number of nitrogens with two attached hydrogens (primary N) is 1. The minimum Gasteiger partial charge on any atom is -0.366 e. The van der Waals surface area contributed by atoms with Gasteiger partial charge in [-0.2, -0.15) is 0 Å². The minimum atomic E-state index is 0.578. The van der Waals surface area contributed by atoms with E-state index in [1.54, 1.807) is 0 Å². The van der Waals surface area contributed by atoms with E-state index in [1.165, 1.54) is 30.5 Å². The van der Waals surface area contributed by atoms with Gasteiger partial charge >= 0.3 is 0 Å². The Morgan fingerprint density at radius 1 is 1.25 bits per heavy atom. The zero-order chi connectivity index (χ0) is 11.5. The third-order valence-electron chi connectivity index (χ3n) is 3.49. The van der Waals surface area contributed by atoms with Crippen LogP contribution in [0.2, 0.25) is 0 Å². The van der Waals surface area contributed by atoms with Crippen molar-refractivity contribution < 1.29 is 0 Å². The van der Waals surface area contributed by atoms with E-state index in [-0.39, 0.29) is 0 Å². The van der Waals surface area contributed by atoms with Crippen molar-refractivity contribution in [3.05, 3.63) is 29.8 Å². The first-order valence-corrected chi connectivity index (χ1v) is 6.29. The maximum absolute atomic E-state index is 5.62. The van der Waals surface area contributed by atoms with Crippen LogP contribution < -0.4 is 10.6 Å². The van der Waals surface area contributed by atoms with Gasteiger partial charge in [-0.05, 0) is 50.8 Å². The molecule has 1 fully saturated rings. The largest absolute Gasteiger partial charge is 0.366 e. The highest BCUT2D eigenvalue weighted by molar-refractivity contribution is 5.49. The number of hydrogen-bond donors (Lipinski definition) is 1. The summed E-state index contributed by atoms with van der Waals surface area (Å²) in [5, 5.41) is 0. The second-order valence-electron chi connectivity index (χ2n) is 4.96. The van der Waals surface area contributed by atoms with Gasteiger partial charge in [-0.15, -0.1) is 0 Å². The van der Waals surface area contributed by atoms with Crippen LogP contribution in [0, 0.1) is 0 Å². The Balaban J connectivity index is 2.17. The Bertz CT molecular complexity index is 325. The van der Waals surface area contributed by atoms with Gasteiger partial charge in [0.2, 0.25) is 0 Å². The van der Waals surface area contributed by atoms with Gasteiger partial charge in [0.1, 0.15) is 0 Å². The molecule has 1 aliphatic carbocycles. The van der Waals surface area contributed by atoms with Crippen molar-refractivity contribution in [1.82, 2.24) is 0 Å². The van der Waals surface area contributed by atoms with Crippen LogP contribution in [0.5, 0.6) is 0 Å². The third-order valence-corrected chi connectivity index (χ3v) is 3.49. The van der Waals surface area contributed by atoms with E-state index in [4.69, 9.17) is 5.73 Å². The molecule has 0 amide bonds. The smallest absolute Gasteiger partial charge is 0.0371 e. The second-order valence-corrected chi connectivity index (χ2v) is 4.96. The monoisotopic (exact) mass is 218 g/mol. The normalized spacial score (nSPS) is 16.2. The molecule has 0 atom stereocenters. The molecule has 88 valence electrons. The highest BCUT2D eigenvalue weighted by Gasteiger charge is 2.26. The van der Waals surface area contributed by atoms with Gasteiger partial charge in [0.15, 0.2) is 0 Å². The molecule has 0 aromatic heterocycles. The molecule has 2 rings (SSSR count). The van der Waals surface area contributed by atoms with Crippen molar-refractivity contribution in [2.75, 3.05) is 4.90 Å². The van der Waals surface area contributed by atoms with Gasteiger partial charge in [-0.1, -0.05) is 12.1 Å². The van der Waals surface area contributed by atoms with E-state index >= 15 is 0 Å². The van der Waals surface area contributed by atoms with E-state index in [0.717, 1.165) is 6.04 Å². The van der Waals surface area contributed by atoms with E-state index in [9.17, 15) is 0 Å². The van der Waals surface area contributed by atoms with E-state index in [0.29, 0.717) is 12.6 Å². The van der Waals surface area contributed by atoms with Gasteiger partial charge in [0.25, 0.3) is 0 Å². The summed E-state index contributed by atoms with van der Waals surface area (Å²) in [6.07, 6.45) is 4.07. The second kappa shape index (κ2) is 4.88. The lowest BCUT2D eigenvalue weighted by Crippen LogP contribution is -2.44. The molecule has 0 bridgehead atoms. The predicted octanol–water partition coefficient (Wildman–Crippen LogP) is 2.91. The maximum atomic E-state index is 5.62. The minimum absolute atomic E-state index is 0.578. The fourth-order valence-electron chi connectivity index (χ4n) is 2.40. The van der Waals surface area contributed by atoms with Gasteiger partial charge in [0, 0.05) is 24.3 Å². The summed E-state index contributed by atoms with van der Waals surface area (Å²) in [4.78, 5) is 2.55. The molecule has 2 N–H and O–H groups in total. The van der Waals surface area contributed by atoms with Crippen LogP contribution in [0.1, 0.15) is 38.7 Å². The Morgan fingerprint density at radius 2 is 1.88 bits per heavy atom. The number of rotatable bonds is 4. The molecule has 0 saturated heterocycles. The first kappa shape index (κ1) is 11.5. The molecule has 2 heteroatoms. The molecule has 1 aliphatic rings. The van der Waals surface area contributed by atoms with Crippen molar-refractivity contribution >= 4 is 5.69 Å². The molecule has 0 unspecified atom stereocenters. The van der Waals surface area contributed by atoms with Crippen molar-refractivity contribution in [1.29, 1.82) is 0 Å². The van der Waals surface area contributed by atoms with Crippen LogP contribution in [0.3, 0.4) is 0 Å². The Labute approximate surface area is 98.4 Å². The average molecular weight is 218 g/mol. The van der Waals surface area contributed by atoms with Gasteiger partial charge in [-0.3, -0.25) is 0 Å². The Kier molecular flexibility index (Phi) is 3.49. The quantitative estimate of drug-likeness (QED) is 0.842. The molecule has 1 aromatic rings. The van der Waals surface area contributed by atoms with Crippen LogP contribution in [0.25, 0.3) is 0 Å². The molecular weight excluding hydrogens is 196 g/mol. The van der Waals surface area contributed by atoms with Crippen molar-refractivity contribution in [2.45, 2.75) is 51.7 Å². The summed E-state index contributed by atoms with van der Waals surface area (Å²) in [6, 6.07) is 10.0. The van der Waals surface area contributed by atoms with E-state index < -0.39 is 0 Å². The predicted molar refractivity (Wildman–Crippen MR) is 69.6 cm³/mol. The number of nitrogens with zero attached hydrogens (tertiary/aromatic N) is 1. The van der Waals surface area contributed by atoms with Crippen molar-refractivity contribution in [2.24, 2.45) is 5.73 Å². The molecule has 0 radical (unpaired) electrons. The van der Waals surface area contributed by atoms with Crippen LogP contribution in [-0.2, 0) is 6.54 Å². The lowest BCUT2D eigenvalue weighted by atomic mass is 9.90. The number of anilines is 1. The summed E-state index contributed by atoms with van der Waals surface area (Å²) in [5.41, 5.74) is 8.17. The molecule has 16 heavy (non-hydrogen) atoms. The summed E-state index contributed by atoms with van der Waals surface area (Å²) in [5.74, 6) is 0. The summed E-state index contributed by atoms with van der Waals surface area (Å²) < 4.78 is 0. The van der Waals surface area contributed by atoms with E-state index in [1.807, 2.05) is 0 Å². The van der Waals surface area contributed by atoms with Crippen LogP contribution in [-0.4, -0.2) is 12.1 Å². The molecule has 0 spiro atoms. The van der Waals surface area contributed by atoms with E-state index in [2.05, 4.69) is 43.0 Å². The Hall–Kier alpha value is -1.02. The summed E-state index contributed by atoms with van der Waals surface area (Å²) in [7, 11) is 0. The fourth-order valence-corrected chi connectivity index (χ4v) is 2.40. The molecule has 1 aromatic carbocycles. The highest BCUT2D eigenvalue weighted by atomic mass is 15.2. The number of hydrogen-bond acceptors (Lipinski definition) is 2. The highest BCUT2D eigenvalue weighted by Crippen LogP contribution is 2.31. The van der Waals surface area contributed by atoms with Crippen LogP contribution >= 0.6 is 0 Å². The van der Waals surface area contributed by atoms with Crippen molar-refractivity contribution in [3.8, 4) is 0 Å². The van der Waals surface area contributed by atoms with Gasteiger partial charge < -0.3 is 10.6 Å². The first-order chi connectivity index (χ1) is 7.72. The molecule has 0 heterocycles. The molecule has 1 saturated carbocycles. The van der Waals surface area contributed by atoms with Crippen LogP contribution in [0.4, 0.5) is 5.69 Å². The third kappa shape index (κ3) is 2.22. The van der Waals surface area contributed by atoms with Gasteiger partial charge in [0.05, 0.1) is 0 Å². The summed E-state index contributed by atoms with van der Waals surface area (Å²) in [6.45, 7) is 5.18. The lowest BCUT2D eigenvalue weighted by Gasteiger charge is -2.42. The lowest BCUT2D eigenvalue weighted by molar-refractivity contribution is 0.369. The number of benzene rings is 1. The zero-order valence-corrected chi connectivity index (χ0v) is 10.3. The molecule has 0 aliphatic heterocycles. The Morgan fingerprint density at radius 3 is 2.25 bits per heavy atom. The maximum Gasteiger partial charge on any atom is 0.0371 e. The fraction of sp³-hybridized carbons (Fsp3) is 0.571. The van der Waals surface area contributed by atoms with Crippen LogP contribution in [0.15, 0.2) is 24.3 Å². The SMILES string of the molecule is CC(C)N(c1ccc(CN)cc1)C1CCC1. The van der Waals surface area contributed by atoms with Gasteiger partial charge in [-0.25, -0.2) is 0 Å². The molecule has 2 nitrogen and oxygen atoms in total.